The molecule has 2 atom stereocenters. The van der Waals surface area contributed by atoms with Crippen molar-refractivity contribution >= 4 is 5.69 Å². The molecular weight excluding hydrogens is 198 g/mol. The summed E-state index contributed by atoms with van der Waals surface area (Å²) in [7, 11) is 0. The molecule has 1 fully saturated rings. The van der Waals surface area contributed by atoms with Crippen LogP contribution in [0.15, 0.2) is 18.2 Å². The molecule has 1 aromatic rings. The molecule has 2 unspecified atom stereocenters. The lowest BCUT2D eigenvalue weighted by molar-refractivity contribution is 0.290. The van der Waals surface area contributed by atoms with Gasteiger partial charge < -0.3 is 16.8 Å². The second-order valence-electron chi connectivity index (χ2n) is 4.69. The van der Waals surface area contributed by atoms with E-state index in [1.54, 1.807) is 0 Å². The largest absolute Gasteiger partial charge is 0.399 e. The van der Waals surface area contributed by atoms with Gasteiger partial charge in [-0.25, -0.2) is 0 Å². The van der Waals surface area contributed by atoms with Crippen molar-refractivity contribution in [1.29, 1.82) is 0 Å². The van der Waals surface area contributed by atoms with E-state index in [-0.39, 0.29) is 0 Å². The zero-order valence-electron chi connectivity index (χ0n) is 9.87. The lowest BCUT2D eigenvalue weighted by Gasteiger charge is -2.33. The Bertz CT molecular complexity index is 362. The van der Waals surface area contributed by atoms with Crippen LogP contribution in [0.1, 0.15) is 30.0 Å². The fourth-order valence-electron chi connectivity index (χ4n) is 2.57. The third-order valence-corrected chi connectivity index (χ3v) is 3.53. The van der Waals surface area contributed by atoms with Gasteiger partial charge in [0.1, 0.15) is 0 Å². The van der Waals surface area contributed by atoms with E-state index >= 15 is 0 Å². The van der Waals surface area contributed by atoms with Crippen LogP contribution in [-0.2, 0) is 0 Å². The highest BCUT2D eigenvalue weighted by atomic mass is 14.9. The number of rotatable bonds is 2. The van der Waals surface area contributed by atoms with Gasteiger partial charge in [0.2, 0.25) is 0 Å². The zero-order chi connectivity index (χ0) is 11.5. The first kappa shape index (κ1) is 11.4. The Balaban J connectivity index is 2.30. The van der Waals surface area contributed by atoms with Gasteiger partial charge in [-0.05, 0) is 62.0 Å². The Morgan fingerprint density at radius 1 is 1.44 bits per heavy atom. The molecule has 1 saturated heterocycles. The molecule has 1 aliphatic heterocycles. The van der Waals surface area contributed by atoms with E-state index in [4.69, 9.17) is 11.5 Å². The number of aryl methyl sites for hydroxylation is 1. The van der Waals surface area contributed by atoms with Crippen LogP contribution in [0.5, 0.6) is 0 Å². The lowest BCUT2D eigenvalue weighted by Crippen LogP contribution is -2.38. The molecule has 16 heavy (non-hydrogen) atoms. The Kier molecular flexibility index (Phi) is 3.46. The minimum atomic E-state index is 0.377. The Labute approximate surface area is 97.2 Å². The van der Waals surface area contributed by atoms with Crippen molar-refractivity contribution in [3.8, 4) is 0 Å². The number of nitrogens with one attached hydrogen (secondary N) is 1. The molecule has 5 N–H and O–H groups in total. The fraction of sp³-hybridized carbons (Fsp3) is 0.538. The average molecular weight is 219 g/mol. The number of anilines is 1. The number of benzene rings is 1. The lowest BCUT2D eigenvalue weighted by atomic mass is 9.84. The van der Waals surface area contributed by atoms with E-state index in [1.807, 2.05) is 6.07 Å². The van der Waals surface area contributed by atoms with Crippen LogP contribution in [0.4, 0.5) is 5.69 Å². The molecule has 0 aliphatic carbocycles. The smallest absolute Gasteiger partial charge is 0.0364 e. The highest BCUT2D eigenvalue weighted by Gasteiger charge is 2.25. The minimum absolute atomic E-state index is 0.377. The molecule has 88 valence electrons. The van der Waals surface area contributed by atoms with E-state index in [9.17, 15) is 0 Å². The van der Waals surface area contributed by atoms with Crippen LogP contribution < -0.4 is 16.8 Å². The van der Waals surface area contributed by atoms with Gasteiger partial charge >= 0.3 is 0 Å². The van der Waals surface area contributed by atoms with Crippen LogP contribution in [0.2, 0.25) is 0 Å². The van der Waals surface area contributed by atoms with Gasteiger partial charge in [0, 0.05) is 11.7 Å². The van der Waals surface area contributed by atoms with Crippen molar-refractivity contribution in [2.45, 2.75) is 25.8 Å². The molecule has 0 amide bonds. The van der Waals surface area contributed by atoms with Crippen molar-refractivity contribution in [2.24, 2.45) is 11.7 Å². The normalized spacial score (nSPS) is 25.6. The summed E-state index contributed by atoms with van der Waals surface area (Å²) in [5.41, 5.74) is 15.2. The SMILES string of the molecule is Cc1ccc(N)cc1C1NCCCC1CN. The fourth-order valence-corrected chi connectivity index (χ4v) is 2.57. The van der Waals surface area contributed by atoms with Gasteiger partial charge in [0.15, 0.2) is 0 Å². The summed E-state index contributed by atoms with van der Waals surface area (Å²) in [4.78, 5) is 0. The minimum Gasteiger partial charge on any atom is -0.399 e. The molecule has 1 aromatic carbocycles. The standard InChI is InChI=1S/C13H21N3/c1-9-4-5-11(15)7-12(9)13-10(8-14)3-2-6-16-13/h4-5,7,10,13,16H,2-3,6,8,14-15H2,1H3. The first-order chi connectivity index (χ1) is 7.72. The van der Waals surface area contributed by atoms with Gasteiger partial charge in [-0.2, -0.15) is 0 Å². The van der Waals surface area contributed by atoms with Crippen LogP contribution in [0, 0.1) is 12.8 Å². The quantitative estimate of drug-likeness (QED) is 0.662. The number of nitrogen functional groups attached to an aromatic ring is 1. The third kappa shape index (κ3) is 2.20. The molecule has 0 radical (unpaired) electrons. The van der Waals surface area contributed by atoms with Gasteiger partial charge in [-0.1, -0.05) is 6.07 Å². The summed E-state index contributed by atoms with van der Waals surface area (Å²) in [6, 6.07) is 6.51. The van der Waals surface area contributed by atoms with Crippen molar-refractivity contribution in [2.75, 3.05) is 18.8 Å². The predicted molar refractivity (Wildman–Crippen MR) is 68.1 cm³/mol. The van der Waals surface area contributed by atoms with Crippen LogP contribution in [-0.4, -0.2) is 13.1 Å². The second kappa shape index (κ2) is 4.85. The van der Waals surface area contributed by atoms with E-state index < -0.39 is 0 Å². The highest BCUT2D eigenvalue weighted by Crippen LogP contribution is 2.31. The summed E-state index contributed by atoms with van der Waals surface area (Å²) in [5, 5.41) is 3.57. The maximum atomic E-state index is 5.86. The average Bonchev–Trinajstić information content (AvgIpc) is 2.32. The number of nitrogens with two attached hydrogens (primary N) is 2. The van der Waals surface area contributed by atoms with Gasteiger partial charge in [0.05, 0.1) is 0 Å². The van der Waals surface area contributed by atoms with Crippen molar-refractivity contribution < 1.29 is 0 Å². The Morgan fingerprint density at radius 3 is 3.00 bits per heavy atom. The number of hydrogen-bond donors (Lipinski definition) is 3. The summed E-state index contributed by atoms with van der Waals surface area (Å²) in [6.45, 7) is 3.96. The molecule has 2 rings (SSSR count). The molecule has 1 heterocycles. The summed E-state index contributed by atoms with van der Waals surface area (Å²) < 4.78 is 0. The maximum Gasteiger partial charge on any atom is 0.0364 e. The molecule has 3 heteroatoms. The molecule has 1 aliphatic rings. The van der Waals surface area contributed by atoms with E-state index in [0.717, 1.165) is 18.8 Å². The predicted octanol–water partition coefficient (Wildman–Crippen LogP) is 1.58. The van der Waals surface area contributed by atoms with Crippen LogP contribution in [0.25, 0.3) is 0 Å². The topological polar surface area (TPSA) is 64.1 Å². The summed E-state index contributed by atoms with van der Waals surface area (Å²) in [5.74, 6) is 0.536. The van der Waals surface area contributed by atoms with E-state index in [2.05, 4.69) is 24.4 Å². The van der Waals surface area contributed by atoms with Crippen molar-refractivity contribution in [3.63, 3.8) is 0 Å². The van der Waals surface area contributed by atoms with Crippen molar-refractivity contribution in [1.82, 2.24) is 5.32 Å². The maximum absolute atomic E-state index is 5.86. The van der Waals surface area contributed by atoms with Crippen LogP contribution >= 0.6 is 0 Å². The molecular formula is C13H21N3. The zero-order valence-corrected chi connectivity index (χ0v) is 9.87. The molecule has 0 bridgehead atoms. The number of piperidine rings is 1. The first-order valence-corrected chi connectivity index (χ1v) is 6.02. The second-order valence-corrected chi connectivity index (χ2v) is 4.69. The van der Waals surface area contributed by atoms with E-state index in [0.29, 0.717) is 12.0 Å². The highest BCUT2D eigenvalue weighted by molar-refractivity contribution is 5.45. The molecule has 3 nitrogen and oxygen atoms in total. The van der Waals surface area contributed by atoms with Crippen molar-refractivity contribution in [3.05, 3.63) is 29.3 Å². The van der Waals surface area contributed by atoms with Gasteiger partial charge in [0.25, 0.3) is 0 Å². The Hall–Kier alpha value is -1.06. The summed E-state index contributed by atoms with van der Waals surface area (Å²) >= 11 is 0. The molecule has 0 aromatic heterocycles. The number of hydrogen-bond acceptors (Lipinski definition) is 3. The van der Waals surface area contributed by atoms with Gasteiger partial charge in [-0.3, -0.25) is 0 Å². The molecule has 0 saturated carbocycles. The van der Waals surface area contributed by atoms with Crippen LogP contribution in [0.3, 0.4) is 0 Å². The van der Waals surface area contributed by atoms with Gasteiger partial charge in [-0.15, -0.1) is 0 Å². The van der Waals surface area contributed by atoms with E-state index in [1.165, 1.54) is 24.0 Å². The third-order valence-electron chi connectivity index (χ3n) is 3.53. The Morgan fingerprint density at radius 2 is 2.25 bits per heavy atom. The summed E-state index contributed by atoms with van der Waals surface area (Å²) in [6.07, 6.45) is 2.43. The monoisotopic (exact) mass is 219 g/mol. The first-order valence-electron chi connectivity index (χ1n) is 6.02. The molecule has 0 spiro atoms.